The Morgan fingerprint density at radius 2 is 1.93 bits per heavy atom. The molecule has 1 aliphatic carbocycles. The van der Waals surface area contributed by atoms with Crippen LogP contribution in [0.4, 0.5) is 13.2 Å². The van der Waals surface area contributed by atoms with Crippen LogP contribution in [0.3, 0.4) is 0 Å². The molecule has 0 spiro atoms. The normalized spacial score (nSPS) is 22.1. The lowest BCUT2D eigenvalue weighted by Gasteiger charge is -2.13. The molecule has 1 aromatic carbocycles. The van der Waals surface area contributed by atoms with Gasteiger partial charge < -0.3 is 0 Å². The predicted molar refractivity (Wildman–Crippen MR) is 96.1 cm³/mol. The largest absolute Gasteiger partial charge is 0.268 e. The Bertz CT molecular complexity index is 1220. The summed E-state index contributed by atoms with van der Waals surface area (Å²) in [5.74, 6) is -4.26. The molecule has 2 aliphatic rings. The van der Waals surface area contributed by atoms with Gasteiger partial charge >= 0.3 is 0 Å². The molecule has 1 saturated carbocycles. The van der Waals surface area contributed by atoms with Gasteiger partial charge in [0.25, 0.3) is 5.92 Å². The molecule has 0 saturated heterocycles. The number of benzene rings is 1. The average Bonchev–Trinajstić information content (AvgIpc) is 3.08. The fourth-order valence-corrected chi connectivity index (χ4v) is 4.40. The Labute approximate surface area is 157 Å². The van der Waals surface area contributed by atoms with Crippen molar-refractivity contribution in [2.75, 3.05) is 0 Å². The summed E-state index contributed by atoms with van der Waals surface area (Å²) in [6, 6.07) is 7.93. The van der Waals surface area contributed by atoms with E-state index in [1.807, 2.05) is 6.07 Å². The molecule has 0 bridgehead atoms. The minimum Gasteiger partial charge on any atom is -0.268 e. The lowest BCUT2D eigenvalue weighted by molar-refractivity contribution is 0.0836. The van der Waals surface area contributed by atoms with Crippen molar-refractivity contribution in [2.45, 2.75) is 18.9 Å². The van der Waals surface area contributed by atoms with Crippen LogP contribution in [0.1, 0.15) is 5.69 Å². The van der Waals surface area contributed by atoms with Crippen molar-refractivity contribution in [2.24, 2.45) is 11.8 Å². The number of fused-ring (bicyclic) bond motifs is 3. The van der Waals surface area contributed by atoms with E-state index < -0.39 is 17.8 Å². The fraction of sp³-hybridized carbons (Fsp3) is 0.250. The van der Waals surface area contributed by atoms with E-state index in [9.17, 15) is 13.2 Å². The molecule has 6 rings (SSSR count). The van der Waals surface area contributed by atoms with Crippen molar-refractivity contribution < 1.29 is 13.2 Å². The van der Waals surface area contributed by atoms with Crippen molar-refractivity contribution >= 4 is 11.0 Å². The second-order valence-electron chi connectivity index (χ2n) is 7.44. The zero-order valence-corrected chi connectivity index (χ0v) is 14.5. The van der Waals surface area contributed by atoms with E-state index in [4.69, 9.17) is 0 Å². The third-order valence-electron chi connectivity index (χ3n) is 5.95. The van der Waals surface area contributed by atoms with Crippen LogP contribution >= 0.6 is 0 Å². The minimum absolute atomic E-state index is 0.195. The molecule has 1 N–H and O–H groups in total. The summed E-state index contributed by atoms with van der Waals surface area (Å²) in [6.07, 6.45) is 3.60. The second kappa shape index (κ2) is 5.21. The highest BCUT2D eigenvalue weighted by Crippen LogP contribution is 2.60. The van der Waals surface area contributed by atoms with Gasteiger partial charge in [-0.2, -0.15) is 10.2 Å². The maximum absolute atomic E-state index is 14.0. The topological polar surface area (TPSA) is 59.4 Å². The molecule has 4 heterocycles. The minimum atomic E-state index is -2.63. The molecule has 1 fully saturated rings. The van der Waals surface area contributed by atoms with Crippen LogP contribution in [0, 0.1) is 17.7 Å². The Balaban J connectivity index is 1.61. The smallest absolute Gasteiger partial charge is 0.256 e. The first kappa shape index (κ1) is 15.9. The van der Waals surface area contributed by atoms with E-state index in [0.29, 0.717) is 11.3 Å². The van der Waals surface area contributed by atoms with Crippen molar-refractivity contribution in [1.82, 2.24) is 25.0 Å². The summed E-state index contributed by atoms with van der Waals surface area (Å²) >= 11 is 0. The highest BCUT2D eigenvalue weighted by atomic mass is 19.3. The first-order valence-corrected chi connectivity index (χ1v) is 9.06. The Kier molecular flexibility index (Phi) is 2.95. The number of hydrogen-bond acceptors (Lipinski definition) is 3. The summed E-state index contributed by atoms with van der Waals surface area (Å²) in [5.41, 5.74) is 4.43. The molecule has 4 aromatic rings. The van der Waals surface area contributed by atoms with E-state index in [-0.39, 0.29) is 18.8 Å². The number of alkyl halides is 2. The van der Waals surface area contributed by atoms with Gasteiger partial charge in [-0.15, -0.1) is 0 Å². The third kappa shape index (κ3) is 2.05. The fourth-order valence-electron chi connectivity index (χ4n) is 4.40. The maximum Gasteiger partial charge on any atom is 0.256 e. The van der Waals surface area contributed by atoms with Crippen molar-refractivity contribution in [1.29, 1.82) is 0 Å². The van der Waals surface area contributed by atoms with Crippen LogP contribution in [0.2, 0.25) is 0 Å². The van der Waals surface area contributed by atoms with Gasteiger partial charge in [0.2, 0.25) is 0 Å². The van der Waals surface area contributed by atoms with Gasteiger partial charge in [-0.1, -0.05) is 0 Å². The Hall–Kier alpha value is -3.16. The van der Waals surface area contributed by atoms with Gasteiger partial charge in [0.1, 0.15) is 11.5 Å². The van der Waals surface area contributed by atoms with E-state index in [2.05, 4.69) is 20.3 Å². The maximum atomic E-state index is 14.0. The number of aromatic nitrogens is 5. The van der Waals surface area contributed by atoms with Crippen LogP contribution < -0.4 is 0 Å². The molecule has 5 nitrogen and oxygen atoms in total. The zero-order valence-electron chi connectivity index (χ0n) is 14.5. The number of H-pyrrole nitrogens is 1. The SMILES string of the molecule is Fc1ccc(-c2nn3c(c2-c2ccnc4[nH]ncc24)C[C@@H]2[C@H](C3)C2(F)F)cc1. The molecule has 140 valence electrons. The molecule has 0 unspecified atom stereocenters. The number of nitrogens with one attached hydrogen (secondary N) is 1. The monoisotopic (exact) mass is 381 g/mol. The van der Waals surface area contributed by atoms with Gasteiger partial charge in [-0.25, -0.2) is 18.2 Å². The standard InChI is InChI=1S/C20H14F3N5/c21-11-3-1-10(2-4-11)18-17(12-5-6-24-19-13(12)8-25-26-19)16-7-14-15(20(14,22)23)9-28(16)27-18/h1-6,8,14-15H,7,9H2,(H,24,25,26)/t14-,15+/m1/s1. The van der Waals surface area contributed by atoms with Gasteiger partial charge in [-0.05, 0) is 42.3 Å². The highest BCUT2D eigenvalue weighted by molar-refractivity contribution is 5.97. The molecule has 8 heteroatoms. The third-order valence-corrected chi connectivity index (χ3v) is 5.95. The first-order valence-electron chi connectivity index (χ1n) is 9.06. The Morgan fingerprint density at radius 1 is 1.11 bits per heavy atom. The lowest BCUT2D eigenvalue weighted by atomic mass is 9.94. The van der Waals surface area contributed by atoms with Crippen LogP contribution in [0.15, 0.2) is 42.7 Å². The number of halogens is 3. The molecular weight excluding hydrogens is 367 g/mol. The van der Waals surface area contributed by atoms with E-state index in [0.717, 1.165) is 27.8 Å². The molecule has 2 atom stereocenters. The summed E-state index contributed by atoms with van der Waals surface area (Å²) < 4.78 is 43.2. The number of nitrogens with zero attached hydrogens (tertiary/aromatic N) is 4. The van der Waals surface area contributed by atoms with E-state index >= 15 is 0 Å². The van der Waals surface area contributed by atoms with Crippen LogP contribution in [-0.4, -0.2) is 30.9 Å². The average molecular weight is 381 g/mol. The van der Waals surface area contributed by atoms with Crippen molar-refractivity contribution in [3.8, 4) is 22.4 Å². The molecular formula is C20H14F3N5. The van der Waals surface area contributed by atoms with Crippen LogP contribution in [0.25, 0.3) is 33.4 Å². The summed E-state index contributed by atoms with van der Waals surface area (Å²) in [5, 5.41) is 12.4. The van der Waals surface area contributed by atoms with Gasteiger partial charge in [-0.3, -0.25) is 9.78 Å². The van der Waals surface area contributed by atoms with Gasteiger partial charge in [0.15, 0.2) is 5.65 Å². The summed E-state index contributed by atoms with van der Waals surface area (Å²) in [6.45, 7) is 0.195. The van der Waals surface area contributed by atoms with Crippen LogP contribution in [0.5, 0.6) is 0 Å². The number of aromatic amines is 1. The predicted octanol–water partition coefficient (Wildman–Crippen LogP) is 4.06. The van der Waals surface area contributed by atoms with Crippen molar-refractivity contribution in [3.63, 3.8) is 0 Å². The molecule has 0 amide bonds. The lowest BCUT2D eigenvalue weighted by Crippen LogP contribution is -2.14. The first-order chi connectivity index (χ1) is 13.5. The quantitative estimate of drug-likeness (QED) is 0.570. The summed E-state index contributed by atoms with van der Waals surface area (Å²) in [4.78, 5) is 4.27. The van der Waals surface area contributed by atoms with Crippen molar-refractivity contribution in [3.05, 3.63) is 54.2 Å². The van der Waals surface area contributed by atoms with Gasteiger partial charge in [0, 0.05) is 34.3 Å². The van der Waals surface area contributed by atoms with Gasteiger partial charge in [0.05, 0.1) is 18.7 Å². The number of pyridine rings is 1. The number of hydrogen-bond donors (Lipinski definition) is 1. The molecule has 1 aliphatic heterocycles. The highest BCUT2D eigenvalue weighted by Gasteiger charge is 2.69. The van der Waals surface area contributed by atoms with E-state index in [1.54, 1.807) is 29.2 Å². The number of rotatable bonds is 2. The zero-order chi connectivity index (χ0) is 19.0. The Morgan fingerprint density at radius 3 is 2.75 bits per heavy atom. The van der Waals surface area contributed by atoms with Crippen LogP contribution in [-0.2, 0) is 13.0 Å². The van der Waals surface area contributed by atoms with E-state index in [1.165, 1.54) is 12.1 Å². The molecule has 0 radical (unpaired) electrons. The second-order valence-corrected chi connectivity index (χ2v) is 7.44. The molecule has 28 heavy (non-hydrogen) atoms. The summed E-state index contributed by atoms with van der Waals surface area (Å²) in [7, 11) is 0. The molecule has 3 aromatic heterocycles.